The van der Waals surface area contributed by atoms with Crippen LogP contribution in [0.4, 0.5) is 5.69 Å². The summed E-state index contributed by atoms with van der Waals surface area (Å²) in [5, 5.41) is 3.79. The Morgan fingerprint density at radius 2 is 1.96 bits per heavy atom. The molecule has 0 fully saturated rings. The molecule has 5 heteroatoms. The molecule has 5 nitrogen and oxygen atoms in total. The summed E-state index contributed by atoms with van der Waals surface area (Å²) in [7, 11) is 1.62. The largest absolute Gasteiger partial charge is 0.497 e. The molecule has 0 aliphatic carbocycles. The van der Waals surface area contributed by atoms with Crippen LogP contribution >= 0.6 is 0 Å². The molecule has 0 aliphatic heterocycles. The summed E-state index contributed by atoms with van der Waals surface area (Å²) in [6.45, 7) is 2.64. The lowest BCUT2D eigenvalue weighted by Gasteiger charge is -2.12. The third-order valence-corrected chi connectivity index (χ3v) is 3.73. The minimum absolute atomic E-state index is 0.273. The van der Waals surface area contributed by atoms with E-state index in [4.69, 9.17) is 9.47 Å². The van der Waals surface area contributed by atoms with Crippen molar-refractivity contribution < 1.29 is 14.3 Å². The number of hydrogen-bond donors (Lipinski definition) is 1. The Labute approximate surface area is 146 Å². The highest BCUT2D eigenvalue weighted by Crippen LogP contribution is 2.25. The molecule has 3 aromatic rings. The van der Waals surface area contributed by atoms with Crippen LogP contribution in [0.1, 0.15) is 23.8 Å². The fourth-order valence-corrected chi connectivity index (χ4v) is 2.45. The number of benzene rings is 2. The minimum Gasteiger partial charge on any atom is -0.497 e. The van der Waals surface area contributed by atoms with Crippen LogP contribution in [0.25, 0.3) is 10.9 Å². The van der Waals surface area contributed by atoms with E-state index in [1.54, 1.807) is 13.2 Å². The topological polar surface area (TPSA) is 60.5 Å². The zero-order valence-corrected chi connectivity index (χ0v) is 14.3. The van der Waals surface area contributed by atoms with Gasteiger partial charge in [-0.3, -0.25) is 4.79 Å². The van der Waals surface area contributed by atoms with Gasteiger partial charge in [0.25, 0.3) is 5.91 Å². The number of carbonyl (C=O) groups excluding carboxylic acids is 1. The normalized spacial score (nSPS) is 10.5. The van der Waals surface area contributed by atoms with Gasteiger partial charge in [0.2, 0.25) is 0 Å². The van der Waals surface area contributed by atoms with Gasteiger partial charge in [-0.2, -0.15) is 0 Å². The van der Waals surface area contributed by atoms with Crippen molar-refractivity contribution in [1.82, 2.24) is 4.98 Å². The van der Waals surface area contributed by atoms with E-state index in [1.165, 1.54) is 0 Å². The first-order valence-electron chi connectivity index (χ1n) is 8.19. The smallest absolute Gasteiger partial charge is 0.274 e. The number of aromatic nitrogens is 1. The van der Waals surface area contributed by atoms with Crippen LogP contribution in [0.3, 0.4) is 0 Å². The molecule has 0 atom stereocenters. The average Bonchev–Trinajstić information content (AvgIpc) is 2.66. The number of pyridine rings is 1. The Balaban J connectivity index is 1.83. The van der Waals surface area contributed by atoms with Gasteiger partial charge in [-0.25, -0.2) is 4.98 Å². The molecule has 1 aromatic heterocycles. The first kappa shape index (κ1) is 16.8. The maximum Gasteiger partial charge on any atom is 0.274 e. The van der Waals surface area contributed by atoms with E-state index >= 15 is 0 Å². The molecule has 128 valence electrons. The van der Waals surface area contributed by atoms with Crippen LogP contribution in [0, 0.1) is 0 Å². The number of para-hydroxylation sites is 2. The number of anilines is 1. The number of carbonyl (C=O) groups is 1. The lowest BCUT2D eigenvalue weighted by Crippen LogP contribution is -2.14. The number of methoxy groups -OCH3 is 1. The van der Waals surface area contributed by atoms with Crippen molar-refractivity contribution >= 4 is 22.5 Å². The molecule has 0 radical (unpaired) electrons. The van der Waals surface area contributed by atoms with Gasteiger partial charge in [-0.1, -0.05) is 25.1 Å². The summed E-state index contributed by atoms with van der Waals surface area (Å²) in [5.41, 5.74) is 1.73. The van der Waals surface area contributed by atoms with E-state index in [1.807, 2.05) is 55.5 Å². The van der Waals surface area contributed by atoms with E-state index in [0.29, 0.717) is 23.7 Å². The zero-order valence-electron chi connectivity index (χ0n) is 14.3. The van der Waals surface area contributed by atoms with E-state index in [0.717, 1.165) is 23.1 Å². The Bertz CT molecular complexity index is 893. The molecule has 1 heterocycles. The van der Waals surface area contributed by atoms with Crippen molar-refractivity contribution in [2.75, 3.05) is 19.0 Å². The van der Waals surface area contributed by atoms with Crippen LogP contribution in [0.2, 0.25) is 0 Å². The third kappa shape index (κ3) is 3.88. The second kappa shape index (κ2) is 7.66. The van der Waals surface area contributed by atoms with Crippen molar-refractivity contribution in [2.24, 2.45) is 0 Å². The SMILES string of the molecule is CCCOc1ccccc1NC(=O)c1ccc2cc(OC)ccc2n1. The van der Waals surface area contributed by atoms with Crippen LogP contribution in [0.15, 0.2) is 54.6 Å². The van der Waals surface area contributed by atoms with E-state index in [-0.39, 0.29) is 5.91 Å². The average molecular weight is 336 g/mol. The molecule has 25 heavy (non-hydrogen) atoms. The Morgan fingerprint density at radius 1 is 1.12 bits per heavy atom. The van der Waals surface area contributed by atoms with Crippen molar-refractivity contribution in [3.63, 3.8) is 0 Å². The lowest BCUT2D eigenvalue weighted by atomic mass is 10.2. The fraction of sp³-hybridized carbons (Fsp3) is 0.200. The summed E-state index contributed by atoms with van der Waals surface area (Å²) in [5.74, 6) is 1.14. The van der Waals surface area contributed by atoms with Crippen molar-refractivity contribution in [3.05, 3.63) is 60.3 Å². The molecule has 0 saturated heterocycles. The standard InChI is InChI=1S/C20H20N2O3/c1-3-12-25-19-7-5-4-6-17(19)22-20(23)18-10-8-14-13-15(24-2)9-11-16(14)21-18/h4-11,13H,3,12H2,1-2H3,(H,22,23). The number of ether oxygens (including phenoxy) is 2. The molecule has 0 bridgehead atoms. The second-order valence-electron chi connectivity index (χ2n) is 5.55. The van der Waals surface area contributed by atoms with Gasteiger partial charge in [0, 0.05) is 5.39 Å². The van der Waals surface area contributed by atoms with Gasteiger partial charge >= 0.3 is 0 Å². The summed E-state index contributed by atoms with van der Waals surface area (Å²) >= 11 is 0. The predicted octanol–water partition coefficient (Wildman–Crippen LogP) is 4.28. The second-order valence-corrected chi connectivity index (χ2v) is 5.55. The third-order valence-electron chi connectivity index (χ3n) is 3.73. The van der Waals surface area contributed by atoms with Crippen LogP contribution < -0.4 is 14.8 Å². The number of nitrogens with zero attached hydrogens (tertiary/aromatic N) is 1. The van der Waals surface area contributed by atoms with Crippen LogP contribution in [-0.2, 0) is 0 Å². The maximum atomic E-state index is 12.6. The molecule has 1 N–H and O–H groups in total. The van der Waals surface area contributed by atoms with E-state index in [9.17, 15) is 4.79 Å². The Hall–Kier alpha value is -3.08. The molecule has 2 aromatic carbocycles. The van der Waals surface area contributed by atoms with E-state index < -0.39 is 0 Å². The molecular formula is C20H20N2O3. The molecule has 3 rings (SSSR count). The number of fused-ring (bicyclic) bond motifs is 1. The fourth-order valence-electron chi connectivity index (χ4n) is 2.45. The zero-order chi connectivity index (χ0) is 17.6. The maximum absolute atomic E-state index is 12.6. The number of amides is 1. The molecule has 1 amide bonds. The summed E-state index contributed by atoms with van der Waals surface area (Å²) in [6.07, 6.45) is 0.901. The molecular weight excluding hydrogens is 316 g/mol. The molecule has 0 saturated carbocycles. The number of rotatable bonds is 6. The van der Waals surface area contributed by atoms with Crippen LogP contribution in [0.5, 0.6) is 11.5 Å². The summed E-state index contributed by atoms with van der Waals surface area (Å²) < 4.78 is 10.9. The van der Waals surface area contributed by atoms with Gasteiger partial charge in [-0.15, -0.1) is 0 Å². The first-order chi connectivity index (χ1) is 12.2. The van der Waals surface area contributed by atoms with Gasteiger partial charge < -0.3 is 14.8 Å². The Morgan fingerprint density at radius 3 is 2.76 bits per heavy atom. The van der Waals surface area contributed by atoms with E-state index in [2.05, 4.69) is 10.3 Å². The molecule has 0 spiro atoms. The number of nitrogens with one attached hydrogen (secondary N) is 1. The monoisotopic (exact) mass is 336 g/mol. The molecule has 0 aliphatic rings. The molecule has 0 unspecified atom stereocenters. The highest BCUT2D eigenvalue weighted by molar-refractivity contribution is 6.04. The summed E-state index contributed by atoms with van der Waals surface area (Å²) in [4.78, 5) is 17.0. The quantitative estimate of drug-likeness (QED) is 0.730. The van der Waals surface area contributed by atoms with Crippen LogP contribution in [-0.4, -0.2) is 24.6 Å². The predicted molar refractivity (Wildman–Crippen MR) is 98.5 cm³/mol. The summed E-state index contributed by atoms with van der Waals surface area (Å²) in [6, 6.07) is 16.5. The Kier molecular flexibility index (Phi) is 5.14. The van der Waals surface area contributed by atoms with Crippen molar-refractivity contribution in [3.8, 4) is 11.5 Å². The minimum atomic E-state index is -0.273. The van der Waals surface area contributed by atoms with Gasteiger partial charge in [0.1, 0.15) is 17.2 Å². The first-order valence-corrected chi connectivity index (χ1v) is 8.19. The highest BCUT2D eigenvalue weighted by atomic mass is 16.5. The highest BCUT2D eigenvalue weighted by Gasteiger charge is 2.12. The van der Waals surface area contributed by atoms with Gasteiger partial charge in [-0.05, 0) is 42.8 Å². The van der Waals surface area contributed by atoms with Gasteiger partial charge in [0.05, 0.1) is 24.9 Å². The van der Waals surface area contributed by atoms with Gasteiger partial charge in [0.15, 0.2) is 0 Å². The van der Waals surface area contributed by atoms with Crippen molar-refractivity contribution in [2.45, 2.75) is 13.3 Å². The number of hydrogen-bond acceptors (Lipinski definition) is 4. The van der Waals surface area contributed by atoms with Crippen molar-refractivity contribution in [1.29, 1.82) is 0 Å². The lowest BCUT2D eigenvalue weighted by molar-refractivity contribution is 0.102.